The van der Waals surface area contributed by atoms with E-state index in [1.165, 1.54) is 17.4 Å². The number of hydrogen-bond acceptors (Lipinski definition) is 3. The summed E-state index contributed by atoms with van der Waals surface area (Å²) in [5.41, 5.74) is 2.21. The second-order valence-corrected chi connectivity index (χ2v) is 11.1. The van der Waals surface area contributed by atoms with Gasteiger partial charge in [0.2, 0.25) is 17.7 Å². The normalized spacial score (nSPS) is 24.7. The van der Waals surface area contributed by atoms with Crippen LogP contribution in [0.5, 0.6) is 0 Å². The molecule has 1 N–H and O–H groups in total. The number of halogens is 1. The van der Waals surface area contributed by atoms with Crippen molar-refractivity contribution in [2.75, 3.05) is 19.6 Å². The molecule has 2 fully saturated rings. The van der Waals surface area contributed by atoms with Gasteiger partial charge in [-0.2, -0.15) is 0 Å². The highest BCUT2D eigenvalue weighted by molar-refractivity contribution is 5.91. The van der Waals surface area contributed by atoms with Crippen LogP contribution in [-0.2, 0) is 14.4 Å². The van der Waals surface area contributed by atoms with Gasteiger partial charge in [0.1, 0.15) is 12.2 Å². The number of alkyl halides is 1. The highest BCUT2D eigenvalue weighted by Gasteiger charge is 2.48. The van der Waals surface area contributed by atoms with E-state index in [1.54, 1.807) is 4.90 Å². The maximum Gasteiger partial charge on any atom is 0.243 e. The molecule has 2 aliphatic rings. The predicted octanol–water partition coefficient (Wildman–Crippen LogP) is 4.60. The van der Waals surface area contributed by atoms with Gasteiger partial charge < -0.3 is 15.1 Å². The molecule has 1 unspecified atom stereocenters. The van der Waals surface area contributed by atoms with Crippen LogP contribution in [0.3, 0.4) is 0 Å². The number of hydrogen-bond donors (Lipinski definition) is 1. The SMILES string of the molecule is CC(=O)N1CCCC(C)(C(=O)N2C[C@H](F)C[C@H]2C(=O)N[C@@H](c2ccccc2)c2ccc(C(C)C)cc2)C1. The molecule has 0 bridgehead atoms. The minimum atomic E-state index is -1.27. The highest BCUT2D eigenvalue weighted by Crippen LogP contribution is 2.35. The number of benzene rings is 2. The molecule has 7 heteroatoms. The van der Waals surface area contributed by atoms with Crippen LogP contribution in [0.2, 0.25) is 0 Å². The van der Waals surface area contributed by atoms with Crippen LogP contribution in [0.4, 0.5) is 4.39 Å². The summed E-state index contributed by atoms with van der Waals surface area (Å²) in [6.45, 7) is 8.39. The Bertz CT molecular complexity index is 1120. The first kappa shape index (κ1) is 26.8. The summed E-state index contributed by atoms with van der Waals surface area (Å²) in [6.07, 6.45) is 0.00863. The summed E-state index contributed by atoms with van der Waals surface area (Å²) in [5.74, 6) is -0.306. The van der Waals surface area contributed by atoms with Gasteiger partial charge in [-0.15, -0.1) is 0 Å². The molecule has 0 spiro atoms. The molecular weight excluding hydrogens is 469 g/mol. The van der Waals surface area contributed by atoms with Crippen LogP contribution in [0.15, 0.2) is 54.6 Å². The Kier molecular flexibility index (Phi) is 8.00. The molecule has 2 aromatic carbocycles. The average Bonchev–Trinajstić information content (AvgIpc) is 3.28. The van der Waals surface area contributed by atoms with E-state index in [2.05, 4.69) is 31.3 Å². The van der Waals surface area contributed by atoms with Crippen molar-refractivity contribution in [1.82, 2.24) is 15.1 Å². The lowest BCUT2D eigenvalue weighted by Crippen LogP contribution is -2.56. The maximum absolute atomic E-state index is 14.7. The zero-order valence-electron chi connectivity index (χ0n) is 22.2. The summed E-state index contributed by atoms with van der Waals surface area (Å²) >= 11 is 0. The summed E-state index contributed by atoms with van der Waals surface area (Å²) in [5, 5.41) is 3.12. The zero-order valence-corrected chi connectivity index (χ0v) is 22.2. The van der Waals surface area contributed by atoms with E-state index >= 15 is 0 Å². The number of nitrogens with one attached hydrogen (secondary N) is 1. The van der Waals surface area contributed by atoms with Crippen LogP contribution in [0.25, 0.3) is 0 Å². The van der Waals surface area contributed by atoms with Crippen LogP contribution in [0, 0.1) is 5.41 Å². The van der Waals surface area contributed by atoms with Crippen LogP contribution < -0.4 is 5.32 Å². The van der Waals surface area contributed by atoms with E-state index in [4.69, 9.17) is 0 Å². The third kappa shape index (κ3) is 5.86. The Hall–Kier alpha value is -3.22. The molecule has 4 atom stereocenters. The highest BCUT2D eigenvalue weighted by atomic mass is 19.1. The Labute approximate surface area is 219 Å². The van der Waals surface area contributed by atoms with Crippen molar-refractivity contribution in [2.45, 2.75) is 71.1 Å². The Morgan fingerprint density at radius 2 is 1.62 bits per heavy atom. The smallest absolute Gasteiger partial charge is 0.243 e. The fourth-order valence-corrected chi connectivity index (χ4v) is 5.60. The van der Waals surface area contributed by atoms with E-state index in [1.807, 2.05) is 49.4 Å². The lowest BCUT2D eigenvalue weighted by atomic mass is 9.80. The van der Waals surface area contributed by atoms with Gasteiger partial charge >= 0.3 is 0 Å². The average molecular weight is 508 g/mol. The van der Waals surface area contributed by atoms with Gasteiger partial charge in [-0.3, -0.25) is 14.4 Å². The third-order valence-electron chi connectivity index (χ3n) is 7.83. The molecule has 0 aliphatic carbocycles. The van der Waals surface area contributed by atoms with Crippen LogP contribution in [-0.4, -0.2) is 59.4 Å². The van der Waals surface area contributed by atoms with Crippen molar-refractivity contribution in [3.63, 3.8) is 0 Å². The quantitative estimate of drug-likeness (QED) is 0.621. The van der Waals surface area contributed by atoms with Crippen molar-refractivity contribution >= 4 is 17.7 Å². The number of amides is 3. The first-order chi connectivity index (χ1) is 17.6. The van der Waals surface area contributed by atoms with Crippen LogP contribution >= 0.6 is 0 Å². The van der Waals surface area contributed by atoms with Gasteiger partial charge in [-0.05, 0) is 42.4 Å². The molecule has 0 saturated carbocycles. The van der Waals surface area contributed by atoms with E-state index in [9.17, 15) is 18.8 Å². The lowest BCUT2D eigenvalue weighted by molar-refractivity contribution is -0.151. The van der Waals surface area contributed by atoms with Crippen molar-refractivity contribution in [1.29, 1.82) is 0 Å². The standard InChI is InChI=1S/C30H38FN3O3/c1-20(2)22-11-13-24(14-12-22)27(23-9-6-5-7-10-23)32-28(36)26-17-25(31)18-34(26)29(37)30(4)15-8-16-33(19-30)21(3)35/h5-7,9-14,20,25-27H,8,15-19H2,1-4H3,(H,32,36)/t25-,26+,27+,30?/m1/s1. The number of carbonyl (C=O) groups excluding carboxylic acids is 3. The maximum atomic E-state index is 14.7. The summed E-state index contributed by atoms with van der Waals surface area (Å²) in [4.78, 5) is 42.4. The van der Waals surface area contributed by atoms with E-state index in [-0.39, 0.29) is 37.2 Å². The molecule has 6 nitrogen and oxygen atoms in total. The van der Waals surface area contributed by atoms with Gasteiger partial charge in [-0.25, -0.2) is 4.39 Å². The zero-order chi connectivity index (χ0) is 26.7. The molecule has 4 rings (SSSR count). The first-order valence-corrected chi connectivity index (χ1v) is 13.2. The molecule has 2 heterocycles. The van der Waals surface area contributed by atoms with Crippen molar-refractivity contribution in [3.8, 4) is 0 Å². The molecule has 0 aromatic heterocycles. The van der Waals surface area contributed by atoms with Gasteiger partial charge in [0.05, 0.1) is 18.0 Å². The molecule has 198 valence electrons. The number of piperidine rings is 1. The van der Waals surface area contributed by atoms with Crippen molar-refractivity contribution in [2.24, 2.45) is 5.41 Å². The van der Waals surface area contributed by atoms with E-state index < -0.39 is 23.7 Å². The lowest BCUT2D eigenvalue weighted by Gasteiger charge is -2.42. The fourth-order valence-electron chi connectivity index (χ4n) is 5.60. The number of nitrogens with zero attached hydrogens (tertiary/aromatic N) is 2. The molecule has 37 heavy (non-hydrogen) atoms. The molecule has 0 radical (unpaired) electrons. The first-order valence-electron chi connectivity index (χ1n) is 13.2. The number of carbonyl (C=O) groups is 3. The molecule has 3 amide bonds. The Morgan fingerprint density at radius 3 is 2.24 bits per heavy atom. The van der Waals surface area contributed by atoms with E-state index in [0.717, 1.165) is 11.1 Å². The Morgan fingerprint density at radius 1 is 1.00 bits per heavy atom. The number of rotatable bonds is 6. The van der Waals surface area contributed by atoms with Gasteiger partial charge in [0.25, 0.3) is 0 Å². The Balaban J connectivity index is 1.58. The monoisotopic (exact) mass is 507 g/mol. The van der Waals surface area contributed by atoms with E-state index in [0.29, 0.717) is 25.3 Å². The number of likely N-dealkylation sites (tertiary alicyclic amines) is 2. The summed E-state index contributed by atoms with van der Waals surface area (Å²) in [7, 11) is 0. The van der Waals surface area contributed by atoms with Crippen LogP contribution in [0.1, 0.15) is 75.6 Å². The molecule has 2 aromatic rings. The van der Waals surface area contributed by atoms with Gasteiger partial charge in [0.15, 0.2) is 0 Å². The minimum Gasteiger partial charge on any atom is -0.343 e. The summed E-state index contributed by atoms with van der Waals surface area (Å²) < 4.78 is 14.7. The second kappa shape index (κ2) is 11.0. The molecular formula is C30H38FN3O3. The van der Waals surface area contributed by atoms with Gasteiger partial charge in [0, 0.05) is 26.4 Å². The minimum absolute atomic E-state index is 0.0299. The molecule has 2 saturated heterocycles. The van der Waals surface area contributed by atoms with Crippen molar-refractivity contribution in [3.05, 3.63) is 71.3 Å². The van der Waals surface area contributed by atoms with Crippen molar-refractivity contribution < 1.29 is 18.8 Å². The predicted molar refractivity (Wildman–Crippen MR) is 142 cm³/mol. The fraction of sp³-hybridized carbons (Fsp3) is 0.500. The molecule has 2 aliphatic heterocycles. The van der Waals surface area contributed by atoms with Gasteiger partial charge in [-0.1, -0.05) is 68.4 Å². The largest absolute Gasteiger partial charge is 0.343 e. The third-order valence-corrected chi connectivity index (χ3v) is 7.83. The second-order valence-electron chi connectivity index (χ2n) is 11.1. The summed E-state index contributed by atoms with van der Waals surface area (Å²) in [6, 6.07) is 16.5. The topological polar surface area (TPSA) is 69.7 Å².